The summed E-state index contributed by atoms with van der Waals surface area (Å²) in [5.41, 5.74) is 7.90. The highest BCUT2D eigenvalue weighted by atomic mass is 79.9. The van der Waals surface area contributed by atoms with Crippen molar-refractivity contribution in [3.8, 4) is 0 Å². The SMILES string of the molecule is C=C(C)C[C@@H](N)c1cccc(Br)n1. The van der Waals surface area contributed by atoms with E-state index in [1.807, 2.05) is 25.1 Å². The van der Waals surface area contributed by atoms with Gasteiger partial charge in [-0.15, -0.1) is 6.58 Å². The summed E-state index contributed by atoms with van der Waals surface area (Å²) < 4.78 is 0.821. The zero-order valence-electron chi connectivity index (χ0n) is 7.63. The molecule has 2 nitrogen and oxygen atoms in total. The summed E-state index contributed by atoms with van der Waals surface area (Å²) >= 11 is 3.31. The first-order valence-corrected chi connectivity index (χ1v) is 4.91. The Kier molecular flexibility index (Phi) is 3.63. The Labute approximate surface area is 87.0 Å². The van der Waals surface area contributed by atoms with E-state index in [4.69, 9.17) is 5.73 Å². The summed E-state index contributed by atoms with van der Waals surface area (Å²) in [4.78, 5) is 4.28. The molecule has 2 N–H and O–H groups in total. The first-order valence-electron chi connectivity index (χ1n) is 4.12. The summed E-state index contributed by atoms with van der Waals surface area (Å²) in [5, 5.41) is 0. The maximum absolute atomic E-state index is 5.92. The molecule has 0 saturated carbocycles. The second-order valence-electron chi connectivity index (χ2n) is 3.15. The summed E-state index contributed by atoms with van der Waals surface area (Å²) in [5.74, 6) is 0. The molecule has 70 valence electrons. The number of nitrogens with zero attached hydrogens (tertiary/aromatic N) is 1. The van der Waals surface area contributed by atoms with Gasteiger partial charge in [0.1, 0.15) is 4.60 Å². The quantitative estimate of drug-likeness (QED) is 0.652. The molecule has 0 amide bonds. The highest BCUT2D eigenvalue weighted by Crippen LogP contribution is 2.17. The van der Waals surface area contributed by atoms with E-state index in [1.54, 1.807) is 0 Å². The van der Waals surface area contributed by atoms with E-state index in [0.29, 0.717) is 0 Å². The van der Waals surface area contributed by atoms with Crippen molar-refractivity contribution in [3.63, 3.8) is 0 Å². The predicted octanol–water partition coefficient (Wildman–Crippen LogP) is 2.81. The van der Waals surface area contributed by atoms with Crippen LogP contribution in [-0.4, -0.2) is 4.98 Å². The van der Waals surface area contributed by atoms with Crippen LogP contribution >= 0.6 is 15.9 Å². The summed E-state index contributed by atoms with van der Waals surface area (Å²) in [6.07, 6.45) is 0.781. The third-order valence-electron chi connectivity index (χ3n) is 1.68. The minimum atomic E-state index is -0.0463. The molecule has 0 bridgehead atoms. The molecule has 0 aliphatic rings. The predicted molar refractivity (Wildman–Crippen MR) is 58.3 cm³/mol. The van der Waals surface area contributed by atoms with Crippen molar-refractivity contribution in [2.24, 2.45) is 5.73 Å². The molecule has 0 fully saturated rings. The zero-order valence-corrected chi connectivity index (χ0v) is 9.21. The largest absolute Gasteiger partial charge is 0.322 e. The van der Waals surface area contributed by atoms with E-state index in [0.717, 1.165) is 22.3 Å². The lowest BCUT2D eigenvalue weighted by Gasteiger charge is -2.10. The number of hydrogen-bond acceptors (Lipinski definition) is 2. The second-order valence-corrected chi connectivity index (χ2v) is 3.97. The number of rotatable bonds is 3. The van der Waals surface area contributed by atoms with Crippen LogP contribution in [0.3, 0.4) is 0 Å². The highest BCUT2D eigenvalue weighted by molar-refractivity contribution is 9.10. The van der Waals surface area contributed by atoms with Crippen LogP contribution in [-0.2, 0) is 0 Å². The van der Waals surface area contributed by atoms with Gasteiger partial charge in [0.2, 0.25) is 0 Å². The molecule has 1 heterocycles. The van der Waals surface area contributed by atoms with Crippen molar-refractivity contribution in [2.45, 2.75) is 19.4 Å². The van der Waals surface area contributed by atoms with E-state index in [1.165, 1.54) is 0 Å². The van der Waals surface area contributed by atoms with Crippen LogP contribution in [0.4, 0.5) is 0 Å². The molecule has 0 radical (unpaired) electrons. The van der Waals surface area contributed by atoms with Crippen LogP contribution in [0.15, 0.2) is 35.0 Å². The maximum Gasteiger partial charge on any atom is 0.106 e. The second kappa shape index (κ2) is 4.53. The molecule has 13 heavy (non-hydrogen) atoms. The maximum atomic E-state index is 5.92. The molecule has 1 aromatic heterocycles. The molecule has 3 heteroatoms. The zero-order chi connectivity index (χ0) is 9.84. The summed E-state index contributed by atoms with van der Waals surface area (Å²) in [6, 6.07) is 5.70. The molecule has 0 aromatic carbocycles. The van der Waals surface area contributed by atoms with Crippen molar-refractivity contribution >= 4 is 15.9 Å². The number of hydrogen-bond donors (Lipinski definition) is 1. The van der Waals surface area contributed by atoms with Crippen molar-refractivity contribution in [1.82, 2.24) is 4.98 Å². The Morgan fingerprint density at radius 2 is 2.38 bits per heavy atom. The van der Waals surface area contributed by atoms with Crippen LogP contribution in [0.5, 0.6) is 0 Å². The van der Waals surface area contributed by atoms with Crippen molar-refractivity contribution in [3.05, 3.63) is 40.6 Å². The summed E-state index contributed by atoms with van der Waals surface area (Å²) in [7, 11) is 0. The Bertz CT molecular complexity index is 310. The number of halogens is 1. The van der Waals surface area contributed by atoms with Crippen LogP contribution in [0.2, 0.25) is 0 Å². The van der Waals surface area contributed by atoms with Crippen molar-refractivity contribution in [2.75, 3.05) is 0 Å². The third kappa shape index (κ3) is 3.28. The van der Waals surface area contributed by atoms with E-state index in [9.17, 15) is 0 Å². The van der Waals surface area contributed by atoms with E-state index >= 15 is 0 Å². The van der Waals surface area contributed by atoms with Gasteiger partial charge in [-0.1, -0.05) is 11.6 Å². The molecule has 0 unspecified atom stereocenters. The van der Waals surface area contributed by atoms with Crippen molar-refractivity contribution in [1.29, 1.82) is 0 Å². The van der Waals surface area contributed by atoms with Crippen LogP contribution in [0.1, 0.15) is 25.1 Å². The number of pyridine rings is 1. The minimum absolute atomic E-state index is 0.0463. The molecule has 1 aromatic rings. The summed E-state index contributed by atoms with van der Waals surface area (Å²) in [6.45, 7) is 5.79. The average molecular weight is 241 g/mol. The van der Waals surface area contributed by atoms with Gasteiger partial charge in [0, 0.05) is 0 Å². The van der Waals surface area contributed by atoms with Gasteiger partial charge in [0.05, 0.1) is 11.7 Å². The van der Waals surface area contributed by atoms with Gasteiger partial charge in [-0.2, -0.15) is 0 Å². The Morgan fingerprint density at radius 3 is 2.92 bits per heavy atom. The van der Waals surface area contributed by atoms with Crippen LogP contribution < -0.4 is 5.73 Å². The third-order valence-corrected chi connectivity index (χ3v) is 2.13. The van der Waals surface area contributed by atoms with Gasteiger partial charge in [-0.25, -0.2) is 4.98 Å². The number of nitrogens with two attached hydrogens (primary N) is 1. The topological polar surface area (TPSA) is 38.9 Å². The standard InChI is InChI=1S/C10H13BrN2/c1-7(2)6-8(12)9-4-3-5-10(11)13-9/h3-5,8H,1,6,12H2,2H3/t8-/m1/s1. The molecule has 0 spiro atoms. The molecule has 0 aliphatic heterocycles. The van der Waals surface area contributed by atoms with E-state index in [2.05, 4.69) is 27.5 Å². The normalized spacial score (nSPS) is 12.5. The monoisotopic (exact) mass is 240 g/mol. The van der Waals surface area contributed by atoms with Gasteiger partial charge in [-0.05, 0) is 41.4 Å². The Hall–Kier alpha value is -0.670. The lowest BCUT2D eigenvalue weighted by molar-refractivity contribution is 0.690. The van der Waals surface area contributed by atoms with Crippen molar-refractivity contribution < 1.29 is 0 Å². The van der Waals surface area contributed by atoms with Gasteiger partial charge in [-0.3, -0.25) is 0 Å². The first-order chi connectivity index (χ1) is 6.09. The van der Waals surface area contributed by atoms with E-state index < -0.39 is 0 Å². The van der Waals surface area contributed by atoms with E-state index in [-0.39, 0.29) is 6.04 Å². The van der Waals surface area contributed by atoms with Crippen LogP contribution in [0, 0.1) is 0 Å². The van der Waals surface area contributed by atoms with Gasteiger partial charge < -0.3 is 5.73 Å². The molecule has 1 atom stereocenters. The molecular weight excluding hydrogens is 228 g/mol. The van der Waals surface area contributed by atoms with Gasteiger partial charge in [0.25, 0.3) is 0 Å². The minimum Gasteiger partial charge on any atom is -0.322 e. The van der Waals surface area contributed by atoms with Gasteiger partial charge in [0.15, 0.2) is 0 Å². The Balaban J connectivity index is 2.76. The Morgan fingerprint density at radius 1 is 1.69 bits per heavy atom. The average Bonchev–Trinajstić information content (AvgIpc) is 2.03. The van der Waals surface area contributed by atoms with Gasteiger partial charge >= 0.3 is 0 Å². The fourth-order valence-electron chi connectivity index (χ4n) is 1.11. The fraction of sp³-hybridized carbons (Fsp3) is 0.300. The molecular formula is C10H13BrN2. The molecule has 1 rings (SSSR count). The first kappa shape index (κ1) is 10.4. The molecule has 0 aliphatic carbocycles. The lowest BCUT2D eigenvalue weighted by atomic mass is 10.1. The van der Waals surface area contributed by atoms with Crippen LogP contribution in [0.25, 0.3) is 0 Å². The fourth-order valence-corrected chi connectivity index (χ4v) is 1.47. The lowest BCUT2D eigenvalue weighted by Crippen LogP contribution is -2.12. The highest BCUT2D eigenvalue weighted by Gasteiger charge is 2.07. The number of aromatic nitrogens is 1. The molecule has 0 saturated heterocycles. The smallest absolute Gasteiger partial charge is 0.106 e.